The Balaban J connectivity index is 2.73. The molecule has 0 fully saturated rings. The Kier molecular flexibility index (Phi) is 2.85. The molecule has 5 nitrogen and oxygen atoms in total. The third-order valence-corrected chi connectivity index (χ3v) is 2.90. The third kappa shape index (κ3) is 1.71. The Morgan fingerprint density at radius 3 is 2.37 bits per heavy atom. The number of halogens is 3. The molecule has 1 aliphatic rings. The maximum Gasteiger partial charge on any atom is 0.430 e. The van der Waals surface area contributed by atoms with Crippen molar-refractivity contribution in [1.29, 1.82) is 0 Å². The molecule has 1 amide bonds. The van der Waals surface area contributed by atoms with E-state index in [4.69, 9.17) is 9.47 Å². The topological polar surface area (TPSA) is 67.8 Å². The lowest BCUT2D eigenvalue weighted by Crippen LogP contribution is -2.47. The predicted molar refractivity (Wildman–Crippen MR) is 58.1 cm³/mol. The van der Waals surface area contributed by atoms with Crippen molar-refractivity contribution in [1.82, 2.24) is 0 Å². The van der Waals surface area contributed by atoms with Gasteiger partial charge in [-0.25, -0.2) is 0 Å². The highest BCUT2D eigenvalue weighted by Gasteiger charge is 2.65. The summed E-state index contributed by atoms with van der Waals surface area (Å²) in [6, 6.07) is 2.25. The van der Waals surface area contributed by atoms with Crippen LogP contribution in [0.4, 0.5) is 18.9 Å². The number of aliphatic hydroxyl groups is 1. The fraction of sp³-hybridized carbons (Fsp3) is 0.364. The Morgan fingerprint density at radius 1 is 1.26 bits per heavy atom. The smallest absolute Gasteiger partial charge is 0.430 e. The molecular formula is C11H10F3NO4. The number of amides is 1. The van der Waals surface area contributed by atoms with Crippen LogP contribution in [0.5, 0.6) is 11.5 Å². The van der Waals surface area contributed by atoms with E-state index in [9.17, 15) is 23.1 Å². The quantitative estimate of drug-likeness (QED) is 0.857. The van der Waals surface area contributed by atoms with Crippen LogP contribution in [0, 0.1) is 0 Å². The van der Waals surface area contributed by atoms with Gasteiger partial charge in [0.2, 0.25) is 0 Å². The number of nitrogens with one attached hydrogen (secondary N) is 1. The zero-order valence-corrected chi connectivity index (χ0v) is 9.96. The number of carbonyl (C=O) groups excluding carboxylic acids is 1. The van der Waals surface area contributed by atoms with Gasteiger partial charge in [0.1, 0.15) is 11.5 Å². The van der Waals surface area contributed by atoms with Gasteiger partial charge >= 0.3 is 6.18 Å². The summed E-state index contributed by atoms with van der Waals surface area (Å²) in [4.78, 5) is 11.5. The molecule has 0 unspecified atom stereocenters. The molecule has 104 valence electrons. The molecule has 0 spiro atoms. The maximum atomic E-state index is 13.0. The SMILES string of the molecule is COc1cc(OC)c2c(c1)[C@@](O)(C(F)(F)F)C(=O)N2. The fourth-order valence-electron chi connectivity index (χ4n) is 1.89. The van der Waals surface area contributed by atoms with Gasteiger partial charge in [0.15, 0.2) is 0 Å². The van der Waals surface area contributed by atoms with Crippen LogP contribution in [0.25, 0.3) is 0 Å². The molecule has 0 aromatic heterocycles. The number of hydrogen-bond acceptors (Lipinski definition) is 4. The van der Waals surface area contributed by atoms with Crippen molar-refractivity contribution in [3.05, 3.63) is 17.7 Å². The van der Waals surface area contributed by atoms with E-state index in [0.29, 0.717) is 0 Å². The molecule has 1 heterocycles. The molecule has 2 rings (SSSR count). The second-order valence-electron chi connectivity index (χ2n) is 3.91. The van der Waals surface area contributed by atoms with E-state index in [0.717, 1.165) is 6.07 Å². The lowest BCUT2D eigenvalue weighted by atomic mass is 9.94. The molecular weight excluding hydrogens is 267 g/mol. The summed E-state index contributed by atoms with van der Waals surface area (Å²) in [6.45, 7) is 0. The van der Waals surface area contributed by atoms with Crippen molar-refractivity contribution in [2.75, 3.05) is 19.5 Å². The van der Waals surface area contributed by atoms with E-state index < -0.39 is 23.2 Å². The van der Waals surface area contributed by atoms with Gasteiger partial charge in [-0.1, -0.05) is 0 Å². The van der Waals surface area contributed by atoms with Gasteiger partial charge in [0.05, 0.1) is 19.9 Å². The van der Waals surface area contributed by atoms with Crippen molar-refractivity contribution in [3.8, 4) is 11.5 Å². The molecule has 0 saturated carbocycles. The van der Waals surface area contributed by atoms with Gasteiger partial charge in [-0.3, -0.25) is 4.79 Å². The van der Waals surface area contributed by atoms with Gasteiger partial charge in [-0.05, 0) is 6.07 Å². The van der Waals surface area contributed by atoms with E-state index in [1.807, 2.05) is 5.32 Å². The molecule has 1 aromatic rings. The Morgan fingerprint density at radius 2 is 1.89 bits per heavy atom. The van der Waals surface area contributed by atoms with Gasteiger partial charge in [0, 0.05) is 11.6 Å². The van der Waals surface area contributed by atoms with Crippen LogP contribution in [0.2, 0.25) is 0 Å². The maximum absolute atomic E-state index is 13.0. The average molecular weight is 277 g/mol. The van der Waals surface area contributed by atoms with Crippen LogP contribution in [0.15, 0.2) is 12.1 Å². The second-order valence-corrected chi connectivity index (χ2v) is 3.91. The van der Waals surface area contributed by atoms with E-state index in [1.54, 1.807) is 0 Å². The molecule has 19 heavy (non-hydrogen) atoms. The molecule has 0 bridgehead atoms. The predicted octanol–water partition coefficient (Wildman–Crippen LogP) is 1.41. The summed E-state index contributed by atoms with van der Waals surface area (Å²) in [5, 5.41) is 11.7. The molecule has 0 saturated heterocycles. The number of alkyl halides is 3. The molecule has 1 aliphatic heterocycles. The minimum atomic E-state index is -5.15. The lowest BCUT2D eigenvalue weighted by molar-refractivity contribution is -0.252. The van der Waals surface area contributed by atoms with Crippen LogP contribution in [0.1, 0.15) is 5.56 Å². The van der Waals surface area contributed by atoms with Gasteiger partial charge in [0.25, 0.3) is 11.5 Å². The Bertz CT molecular complexity index is 543. The molecule has 0 aliphatic carbocycles. The molecule has 1 atom stereocenters. The average Bonchev–Trinajstić information content (AvgIpc) is 2.61. The van der Waals surface area contributed by atoms with Crippen LogP contribution >= 0.6 is 0 Å². The zero-order valence-electron chi connectivity index (χ0n) is 9.96. The zero-order chi connectivity index (χ0) is 14.4. The number of carbonyl (C=O) groups is 1. The first-order chi connectivity index (χ1) is 8.75. The summed E-state index contributed by atoms with van der Waals surface area (Å²) in [6.07, 6.45) is -5.15. The summed E-state index contributed by atoms with van der Waals surface area (Å²) < 4.78 is 48.6. The fourth-order valence-corrected chi connectivity index (χ4v) is 1.89. The van der Waals surface area contributed by atoms with Crippen molar-refractivity contribution in [2.45, 2.75) is 11.8 Å². The van der Waals surface area contributed by atoms with Crippen molar-refractivity contribution in [2.24, 2.45) is 0 Å². The summed E-state index contributed by atoms with van der Waals surface area (Å²) in [5.74, 6) is -1.56. The highest BCUT2D eigenvalue weighted by Crippen LogP contribution is 2.51. The number of hydrogen-bond donors (Lipinski definition) is 2. The normalized spacial score (nSPS) is 21.9. The minimum Gasteiger partial charge on any atom is -0.497 e. The summed E-state index contributed by atoms with van der Waals surface area (Å²) in [7, 11) is 2.48. The monoisotopic (exact) mass is 277 g/mol. The molecule has 8 heteroatoms. The molecule has 1 aromatic carbocycles. The third-order valence-electron chi connectivity index (χ3n) is 2.90. The van der Waals surface area contributed by atoms with Crippen LogP contribution in [-0.2, 0) is 10.4 Å². The highest BCUT2D eigenvalue weighted by atomic mass is 19.4. The summed E-state index contributed by atoms with van der Waals surface area (Å²) in [5.41, 5.74) is -4.46. The number of methoxy groups -OCH3 is 2. The van der Waals surface area contributed by atoms with Crippen LogP contribution < -0.4 is 14.8 Å². The molecule has 2 N–H and O–H groups in total. The van der Waals surface area contributed by atoms with E-state index in [1.165, 1.54) is 20.3 Å². The highest BCUT2D eigenvalue weighted by molar-refractivity contribution is 6.07. The van der Waals surface area contributed by atoms with Crippen molar-refractivity contribution in [3.63, 3.8) is 0 Å². The Labute approximate surface area is 105 Å². The number of ether oxygens (including phenoxy) is 2. The second kappa shape index (κ2) is 4.02. The lowest BCUT2D eigenvalue weighted by Gasteiger charge is -2.24. The van der Waals surface area contributed by atoms with E-state index in [2.05, 4.69) is 0 Å². The first-order valence-electron chi connectivity index (χ1n) is 5.12. The first-order valence-corrected chi connectivity index (χ1v) is 5.12. The number of anilines is 1. The van der Waals surface area contributed by atoms with E-state index in [-0.39, 0.29) is 17.2 Å². The first kappa shape index (κ1) is 13.5. The van der Waals surface area contributed by atoms with Crippen LogP contribution in [0.3, 0.4) is 0 Å². The Hall–Kier alpha value is -1.96. The van der Waals surface area contributed by atoms with Gasteiger partial charge in [-0.15, -0.1) is 0 Å². The summed E-state index contributed by atoms with van der Waals surface area (Å²) >= 11 is 0. The number of fused-ring (bicyclic) bond motifs is 1. The van der Waals surface area contributed by atoms with E-state index >= 15 is 0 Å². The van der Waals surface area contributed by atoms with Crippen molar-refractivity contribution < 1.29 is 32.5 Å². The largest absolute Gasteiger partial charge is 0.497 e. The number of rotatable bonds is 2. The standard InChI is InChI=1S/C11H10F3NO4/c1-18-5-3-6-8(7(4-5)19-2)15-9(16)10(6,17)11(12,13)14/h3-4,17H,1-2H3,(H,15,16)/t10-/m0/s1. The van der Waals surface area contributed by atoms with Gasteiger partial charge < -0.3 is 19.9 Å². The molecule has 0 radical (unpaired) electrons. The number of benzene rings is 1. The van der Waals surface area contributed by atoms with Gasteiger partial charge in [-0.2, -0.15) is 13.2 Å². The van der Waals surface area contributed by atoms with Crippen molar-refractivity contribution >= 4 is 11.6 Å². The minimum absolute atomic E-state index is 0.0251. The van der Waals surface area contributed by atoms with Crippen LogP contribution in [-0.4, -0.2) is 31.4 Å².